The number of ether oxygens (including phenoxy) is 2. The van der Waals surface area contributed by atoms with Gasteiger partial charge in [-0.05, 0) is 6.07 Å². The SMILES string of the molecule is N#Cc1cc(Oc2c(Cl)cc(OC(F)(F)F)cc2Cl)cc(C(=O)CCC(=O)O)c1O. The molecule has 0 fully saturated rings. The minimum absolute atomic E-state index is 0.198. The average Bonchev–Trinajstić information content (AvgIpc) is 2.62. The maximum Gasteiger partial charge on any atom is 0.573 e. The van der Waals surface area contributed by atoms with Crippen molar-refractivity contribution in [2.24, 2.45) is 0 Å². The Morgan fingerprint density at radius 1 is 1.07 bits per heavy atom. The number of nitrogens with zero attached hydrogens (tertiary/aromatic N) is 1. The first kappa shape index (κ1) is 23.1. The minimum atomic E-state index is -4.97. The second-order valence-corrected chi connectivity index (χ2v) is 6.48. The molecule has 7 nitrogen and oxygen atoms in total. The van der Waals surface area contributed by atoms with E-state index >= 15 is 0 Å². The zero-order valence-corrected chi connectivity index (χ0v) is 16.1. The lowest BCUT2D eigenvalue weighted by atomic mass is 10.0. The Labute approximate surface area is 176 Å². The van der Waals surface area contributed by atoms with Crippen molar-refractivity contribution in [3.63, 3.8) is 0 Å². The van der Waals surface area contributed by atoms with Gasteiger partial charge in [0, 0.05) is 24.6 Å². The number of carboxylic acid groups (broad SMARTS) is 1. The van der Waals surface area contributed by atoms with Crippen molar-refractivity contribution in [2.75, 3.05) is 0 Å². The van der Waals surface area contributed by atoms with Crippen molar-refractivity contribution in [1.29, 1.82) is 5.26 Å². The molecule has 0 radical (unpaired) electrons. The summed E-state index contributed by atoms with van der Waals surface area (Å²) in [5, 5.41) is 27.1. The van der Waals surface area contributed by atoms with Crippen LogP contribution in [-0.2, 0) is 4.79 Å². The molecule has 0 aliphatic heterocycles. The molecule has 2 N–H and O–H groups in total. The summed E-state index contributed by atoms with van der Waals surface area (Å²) >= 11 is 11.8. The zero-order valence-electron chi connectivity index (χ0n) is 14.6. The monoisotopic (exact) mass is 463 g/mol. The second-order valence-electron chi connectivity index (χ2n) is 5.66. The van der Waals surface area contributed by atoms with Crippen molar-refractivity contribution in [2.45, 2.75) is 19.2 Å². The summed E-state index contributed by atoms with van der Waals surface area (Å²) in [6, 6.07) is 5.28. The van der Waals surface area contributed by atoms with Crippen LogP contribution in [0.25, 0.3) is 0 Å². The van der Waals surface area contributed by atoms with E-state index in [9.17, 15) is 27.9 Å². The van der Waals surface area contributed by atoms with E-state index in [1.807, 2.05) is 0 Å². The highest BCUT2D eigenvalue weighted by atomic mass is 35.5. The normalized spacial score (nSPS) is 10.9. The number of rotatable bonds is 7. The van der Waals surface area contributed by atoms with Crippen molar-refractivity contribution < 1.29 is 42.4 Å². The predicted molar refractivity (Wildman–Crippen MR) is 97.2 cm³/mol. The van der Waals surface area contributed by atoms with E-state index in [-0.39, 0.29) is 32.7 Å². The molecular formula is C18H10Cl2F3NO6. The van der Waals surface area contributed by atoms with Gasteiger partial charge < -0.3 is 19.7 Å². The van der Waals surface area contributed by atoms with Gasteiger partial charge in [-0.25, -0.2) is 0 Å². The number of carboxylic acids is 1. The maximum atomic E-state index is 12.3. The molecule has 0 atom stereocenters. The van der Waals surface area contributed by atoms with Crippen LogP contribution in [0.2, 0.25) is 10.0 Å². The first-order valence-corrected chi connectivity index (χ1v) is 8.61. The molecule has 0 aromatic heterocycles. The van der Waals surface area contributed by atoms with Gasteiger partial charge in [0.25, 0.3) is 0 Å². The number of nitriles is 1. The van der Waals surface area contributed by atoms with Crippen LogP contribution in [0.15, 0.2) is 24.3 Å². The summed E-state index contributed by atoms with van der Waals surface area (Å²) in [6.45, 7) is 0. The van der Waals surface area contributed by atoms with Gasteiger partial charge in [0.05, 0.1) is 27.6 Å². The van der Waals surface area contributed by atoms with Crippen LogP contribution in [0.1, 0.15) is 28.8 Å². The van der Waals surface area contributed by atoms with Crippen molar-refractivity contribution in [1.82, 2.24) is 0 Å². The summed E-state index contributed by atoms with van der Waals surface area (Å²) < 4.78 is 46.2. The number of ketones is 1. The molecule has 0 amide bonds. The number of alkyl halides is 3. The van der Waals surface area contributed by atoms with Crippen LogP contribution in [-0.4, -0.2) is 28.3 Å². The largest absolute Gasteiger partial charge is 0.573 e. The van der Waals surface area contributed by atoms with E-state index < -0.39 is 42.5 Å². The van der Waals surface area contributed by atoms with Gasteiger partial charge in [-0.15, -0.1) is 13.2 Å². The van der Waals surface area contributed by atoms with Crippen molar-refractivity contribution in [3.05, 3.63) is 45.4 Å². The molecule has 0 spiro atoms. The van der Waals surface area contributed by atoms with Gasteiger partial charge in [-0.1, -0.05) is 23.2 Å². The summed E-state index contributed by atoms with van der Waals surface area (Å²) in [6.07, 6.45) is -5.94. The number of aliphatic carboxylic acids is 1. The van der Waals surface area contributed by atoms with Crippen molar-refractivity contribution in [3.8, 4) is 29.1 Å². The summed E-state index contributed by atoms with van der Waals surface area (Å²) in [4.78, 5) is 22.8. The van der Waals surface area contributed by atoms with E-state index in [0.717, 1.165) is 24.3 Å². The molecule has 2 rings (SSSR count). The molecule has 0 saturated carbocycles. The Morgan fingerprint density at radius 3 is 2.17 bits per heavy atom. The number of phenols is 1. The summed E-state index contributed by atoms with van der Waals surface area (Å²) in [7, 11) is 0. The number of Topliss-reactive ketones (excluding diaryl/α,β-unsaturated/α-hetero) is 1. The second kappa shape index (κ2) is 9.11. The standard InChI is InChI=1S/C18H10Cl2F3NO6/c19-12-5-10(30-18(21,22)23)6-13(20)17(12)29-9-3-8(7-24)16(28)11(4-9)14(25)1-2-15(26)27/h3-6,28H,1-2H2,(H,26,27). The van der Waals surface area contributed by atoms with E-state index in [2.05, 4.69) is 4.74 Å². The van der Waals surface area contributed by atoms with Gasteiger partial charge >= 0.3 is 12.3 Å². The van der Waals surface area contributed by atoms with Gasteiger partial charge in [0.1, 0.15) is 23.3 Å². The number of benzene rings is 2. The fourth-order valence-electron chi connectivity index (χ4n) is 2.26. The van der Waals surface area contributed by atoms with Crippen LogP contribution in [0.4, 0.5) is 13.2 Å². The van der Waals surface area contributed by atoms with Crippen LogP contribution < -0.4 is 9.47 Å². The van der Waals surface area contributed by atoms with Crippen LogP contribution in [0, 0.1) is 11.3 Å². The third-order valence-electron chi connectivity index (χ3n) is 3.50. The van der Waals surface area contributed by atoms with Crippen molar-refractivity contribution >= 4 is 35.0 Å². The lowest BCUT2D eigenvalue weighted by Gasteiger charge is -2.14. The number of halogens is 5. The lowest BCUT2D eigenvalue weighted by Crippen LogP contribution is -2.17. The van der Waals surface area contributed by atoms with E-state index in [4.69, 9.17) is 38.3 Å². The summed E-state index contributed by atoms with van der Waals surface area (Å²) in [5.74, 6) is -3.88. The third-order valence-corrected chi connectivity index (χ3v) is 4.06. The maximum absolute atomic E-state index is 12.3. The molecule has 0 heterocycles. The first-order valence-electron chi connectivity index (χ1n) is 7.86. The Morgan fingerprint density at radius 2 is 1.67 bits per heavy atom. The molecule has 2 aromatic rings. The van der Waals surface area contributed by atoms with Crippen LogP contribution in [0.5, 0.6) is 23.0 Å². The fraction of sp³-hybridized carbons (Fsp3) is 0.167. The predicted octanol–water partition coefficient (Wildman–Crippen LogP) is 5.31. The molecule has 0 unspecified atom stereocenters. The highest BCUT2D eigenvalue weighted by molar-refractivity contribution is 6.37. The van der Waals surface area contributed by atoms with Gasteiger partial charge in [0.15, 0.2) is 11.5 Å². The Balaban J connectivity index is 2.41. The quantitative estimate of drug-likeness (QED) is 0.534. The molecule has 0 aliphatic carbocycles. The highest BCUT2D eigenvalue weighted by Crippen LogP contribution is 2.42. The molecule has 0 saturated heterocycles. The fourth-order valence-corrected chi connectivity index (χ4v) is 2.81. The molecule has 30 heavy (non-hydrogen) atoms. The zero-order chi connectivity index (χ0) is 22.6. The Bertz CT molecular complexity index is 1030. The molecule has 12 heteroatoms. The number of carbonyl (C=O) groups is 2. The molecule has 158 valence electrons. The average molecular weight is 464 g/mol. The first-order chi connectivity index (χ1) is 13.9. The lowest BCUT2D eigenvalue weighted by molar-refractivity contribution is -0.274. The van der Waals surface area contributed by atoms with Gasteiger partial charge in [-0.3, -0.25) is 9.59 Å². The number of hydrogen-bond donors (Lipinski definition) is 2. The Hall–Kier alpha value is -3.16. The molecular weight excluding hydrogens is 454 g/mol. The number of aromatic hydroxyl groups is 1. The number of carbonyl (C=O) groups excluding carboxylic acids is 1. The smallest absolute Gasteiger partial charge is 0.506 e. The van der Waals surface area contributed by atoms with Crippen LogP contribution >= 0.6 is 23.2 Å². The van der Waals surface area contributed by atoms with Gasteiger partial charge in [0.2, 0.25) is 0 Å². The van der Waals surface area contributed by atoms with E-state index in [1.165, 1.54) is 0 Å². The van der Waals surface area contributed by atoms with E-state index in [1.54, 1.807) is 6.07 Å². The third kappa shape index (κ3) is 5.92. The minimum Gasteiger partial charge on any atom is -0.506 e. The van der Waals surface area contributed by atoms with Gasteiger partial charge in [-0.2, -0.15) is 5.26 Å². The number of phenolic OH excluding ortho intramolecular Hbond substituents is 1. The van der Waals surface area contributed by atoms with E-state index in [0.29, 0.717) is 0 Å². The molecule has 0 aliphatic rings. The topological polar surface area (TPSA) is 117 Å². The molecule has 0 bridgehead atoms. The number of hydrogen-bond acceptors (Lipinski definition) is 6. The Kier molecular flexibility index (Phi) is 7.02. The highest BCUT2D eigenvalue weighted by Gasteiger charge is 2.32. The molecule has 2 aromatic carbocycles. The van der Waals surface area contributed by atoms with Crippen LogP contribution in [0.3, 0.4) is 0 Å². The summed E-state index contributed by atoms with van der Waals surface area (Å²) in [5.41, 5.74) is -0.745.